The molecule has 0 radical (unpaired) electrons. The Morgan fingerprint density at radius 2 is 2.14 bits per heavy atom. The van der Waals surface area contributed by atoms with Gasteiger partial charge in [-0.15, -0.1) is 5.92 Å². The van der Waals surface area contributed by atoms with Crippen LogP contribution >= 0.6 is 0 Å². The number of aliphatic hydroxyl groups is 2. The molecular formula is C14H18N4O3. The van der Waals surface area contributed by atoms with Gasteiger partial charge in [0.15, 0.2) is 6.23 Å². The second-order valence-electron chi connectivity index (χ2n) is 4.55. The van der Waals surface area contributed by atoms with Gasteiger partial charge in [0.2, 0.25) is 0 Å². The van der Waals surface area contributed by atoms with Crippen molar-refractivity contribution in [1.29, 1.82) is 0 Å². The van der Waals surface area contributed by atoms with Crippen LogP contribution in [-0.2, 0) is 4.74 Å². The molecule has 0 fully saturated rings. The van der Waals surface area contributed by atoms with Gasteiger partial charge in [0.05, 0.1) is 30.3 Å². The van der Waals surface area contributed by atoms with Gasteiger partial charge in [-0.25, -0.2) is 9.97 Å². The highest BCUT2D eigenvalue weighted by atomic mass is 16.5. The first-order valence-electron chi connectivity index (χ1n) is 6.53. The van der Waals surface area contributed by atoms with E-state index in [4.69, 9.17) is 15.6 Å². The first-order chi connectivity index (χ1) is 10.1. The minimum atomic E-state index is -0.684. The van der Waals surface area contributed by atoms with Crippen molar-refractivity contribution in [2.75, 3.05) is 18.9 Å². The summed E-state index contributed by atoms with van der Waals surface area (Å²) in [5.74, 6) is 6.07. The summed E-state index contributed by atoms with van der Waals surface area (Å²) < 4.78 is 7.24. The predicted molar refractivity (Wildman–Crippen MR) is 78.2 cm³/mol. The van der Waals surface area contributed by atoms with Crippen molar-refractivity contribution in [2.24, 2.45) is 0 Å². The number of nitrogen functional groups attached to an aromatic ring is 1. The summed E-state index contributed by atoms with van der Waals surface area (Å²) in [5, 5.41) is 19.3. The van der Waals surface area contributed by atoms with Gasteiger partial charge in [-0.05, 0) is 13.8 Å². The molecule has 21 heavy (non-hydrogen) atoms. The van der Waals surface area contributed by atoms with Gasteiger partial charge in [-0.2, -0.15) is 0 Å². The molecular weight excluding hydrogens is 272 g/mol. The highest BCUT2D eigenvalue weighted by Gasteiger charge is 2.20. The van der Waals surface area contributed by atoms with Crippen molar-refractivity contribution in [3.63, 3.8) is 0 Å². The van der Waals surface area contributed by atoms with Gasteiger partial charge >= 0.3 is 0 Å². The smallest absolute Gasteiger partial charge is 0.158 e. The van der Waals surface area contributed by atoms with E-state index in [1.807, 2.05) is 0 Å². The molecule has 2 aromatic heterocycles. The summed E-state index contributed by atoms with van der Waals surface area (Å²) in [5.41, 5.74) is 7.10. The zero-order chi connectivity index (χ0) is 15.4. The molecule has 0 saturated carbocycles. The second kappa shape index (κ2) is 6.54. The van der Waals surface area contributed by atoms with Crippen LogP contribution in [0.1, 0.15) is 25.6 Å². The maximum atomic E-state index is 9.55. The molecule has 4 N–H and O–H groups in total. The van der Waals surface area contributed by atoms with E-state index < -0.39 is 12.3 Å². The zero-order valence-corrected chi connectivity index (χ0v) is 11.9. The second-order valence-corrected chi connectivity index (χ2v) is 4.55. The number of aliphatic hydroxyl groups excluding tert-OH is 2. The van der Waals surface area contributed by atoms with E-state index in [2.05, 4.69) is 21.8 Å². The first-order valence-corrected chi connectivity index (χ1v) is 6.53. The predicted octanol–water partition coefficient (Wildman–Crippen LogP) is 0.273. The van der Waals surface area contributed by atoms with Crippen molar-refractivity contribution in [2.45, 2.75) is 26.2 Å². The number of ether oxygens (including phenoxy) is 1. The number of fused-ring (bicyclic) bond motifs is 1. The summed E-state index contributed by atoms with van der Waals surface area (Å²) >= 11 is 0. The molecule has 0 amide bonds. The molecule has 0 aliphatic carbocycles. The Hall–Kier alpha value is -2.14. The summed E-state index contributed by atoms with van der Waals surface area (Å²) in [6.45, 7) is 3.02. The molecule has 2 atom stereocenters. The monoisotopic (exact) mass is 290 g/mol. The van der Waals surface area contributed by atoms with Gasteiger partial charge in [0, 0.05) is 6.20 Å². The third-order valence-corrected chi connectivity index (χ3v) is 3.01. The maximum absolute atomic E-state index is 9.55. The van der Waals surface area contributed by atoms with Crippen molar-refractivity contribution in [3.8, 4) is 11.8 Å². The summed E-state index contributed by atoms with van der Waals surface area (Å²) in [4.78, 5) is 8.17. The van der Waals surface area contributed by atoms with Crippen LogP contribution in [0.15, 0.2) is 12.5 Å². The van der Waals surface area contributed by atoms with Crippen LogP contribution in [-0.4, -0.2) is 44.1 Å². The van der Waals surface area contributed by atoms with E-state index in [9.17, 15) is 5.11 Å². The Labute approximate surface area is 122 Å². The normalized spacial score (nSPS) is 13.7. The lowest BCUT2D eigenvalue weighted by atomic mass is 10.2. The maximum Gasteiger partial charge on any atom is 0.158 e. The van der Waals surface area contributed by atoms with E-state index in [0.29, 0.717) is 22.4 Å². The van der Waals surface area contributed by atoms with E-state index in [0.717, 1.165) is 0 Å². The summed E-state index contributed by atoms with van der Waals surface area (Å²) in [6, 6.07) is 0. The number of anilines is 1. The lowest BCUT2D eigenvalue weighted by Gasteiger charge is -2.21. The van der Waals surface area contributed by atoms with Gasteiger partial charge in [-0.3, -0.25) is 0 Å². The van der Waals surface area contributed by atoms with Gasteiger partial charge in [0.1, 0.15) is 17.8 Å². The van der Waals surface area contributed by atoms with Gasteiger partial charge in [0.25, 0.3) is 0 Å². The van der Waals surface area contributed by atoms with Crippen LogP contribution in [0.5, 0.6) is 0 Å². The Balaban J connectivity index is 2.57. The lowest BCUT2D eigenvalue weighted by molar-refractivity contribution is -0.0869. The first kappa shape index (κ1) is 15.3. The quantitative estimate of drug-likeness (QED) is 0.683. The molecule has 0 aliphatic rings. The van der Waals surface area contributed by atoms with Gasteiger partial charge < -0.3 is 25.3 Å². The van der Waals surface area contributed by atoms with Crippen molar-refractivity contribution < 1.29 is 14.9 Å². The topological polar surface area (TPSA) is 106 Å². The molecule has 2 unspecified atom stereocenters. The lowest BCUT2D eigenvalue weighted by Crippen LogP contribution is -2.24. The average molecular weight is 290 g/mol. The van der Waals surface area contributed by atoms with Gasteiger partial charge in [-0.1, -0.05) is 5.92 Å². The molecule has 2 aromatic rings. The molecule has 0 aliphatic heterocycles. The standard InChI is InChI=1S/C14H18N4O3/c1-3-4-10-5-18(11(7-20)21-9(2)6-19)14-12(10)13(15)16-8-17-14/h5,8-9,11,19-20H,6-7H2,1-2H3,(H2,15,16,17). The minimum absolute atomic E-state index is 0.144. The molecule has 2 heterocycles. The molecule has 2 rings (SSSR count). The van der Waals surface area contributed by atoms with Crippen LogP contribution < -0.4 is 5.73 Å². The number of nitrogens with zero attached hydrogens (tertiary/aromatic N) is 3. The number of aromatic nitrogens is 3. The molecule has 0 aromatic carbocycles. The summed E-state index contributed by atoms with van der Waals surface area (Å²) in [6.07, 6.45) is 1.97. The van der Waals surface area contributed by atoms with Crippen LogP contribution in [0, 0.1) is 11.8 Å². The molecule has 0 bridgehead atoms. The number of rotatable bonds is 5. The fourth-order valence-electron chi connectivity index (χ4n) is 2.07. The molecule has 112 valence electrons. The molecule has 0 saturated heterocycles. The molecule has 7 heteroatoms. The van der Waals surface area contributed by atoms with E-state index in [1.54, 1.807) is 24.6 Å². The van der Waals surface area contributed by atoms with Crippen molar-refractivity contribution in [3.05, 3.63) is 18.1 Å². The zero-order valence-electron chi connectivity index (χ0n) is 11.9. The Kier molecular flexibility index (Phi) is 4.75. The molecule has 7 nitrogen and oxygen atoms in total. The van der Waals surface area contributed by atoms with E-state index >= 15 is 0 Å². The SMILES string of the molecule is CC#Cc1cn(C(CO)OC(C)CO)c2ncnc(N)c12. The van der Waals surface area contributed by atoms with E-state index in [1.165, 1.54) is 6.33 Å². The Bertz CT molecular complexity index is 687. The fraction of sp³-hybridized carbons (Fsp3) is 0.429. The summed E-state index contributed by atoms with van der Waals surface area (Å²) in [7, 11) is 0. The van der Waals surface area contributed by atoms with Crippen LogP contribution in [0.3, 0.4) is 0 Å². The van der Waals surface area contributed by atoms with Crippen molar-refractivity contribution in [1.82, 2.24) is 14.5 Å². The number of nitrogens with two attached hydrogens (primary N) is 1. The Morgan fingerprint density at radius 1 is 1.38 bits per heavy atom. The highest BCUT2D eigenvalue weighted by molar-refractivity contribution is 5.92. The van der Waals surface area contributed by atoms with Crippen LogP contribution in [0.25, 0.3) is 11.0 Å². The average Bonchev–Trinajstić information content (AvgIpc) is 2.85. The number of hydrogen-bond donors (Lipinski definition) is 3. The van der Waals surface area contributed by atoms with Crippen LogP contribution in [0.2, 0.25) is 0 Å². The fourth-order valence-corrected chi connectivity index (χ4v) is 2.07. The largest absolute Gasteiger partial charge is 0.394 e. The highest BCUT2D eigenvalue weighted by Crippen LogP contribution is 2.26. The molecule has 0 spiro atoms. The van der Waals surface area contributed by atoms with Crippen molar-refractivity contribution >= 4 is 16.9 Å². The minimum Gasteiger partial charge on any atom is -0.394 e. The Morgan fingerprint density at radius 3 is 2.76 bits per heavy atom. The third kappa shape index (κ3) is 2.97. The number of hydrogen-bond acceptors (Lipinski definition) is 6. The van der Waals surface area contributed by atoms with Crippen LogP contribution in [0.4, 0.5) is 5.82 Å². The van der Waals surface area contributed by atoms with E-state index in [-0.39, 0.29) is 13.2 Å². The third-order valence-electron chi connectivity index (χ3n) is 3.01.